The molecular formula is C22H42O9. The highest BCUT2D eigenvalue weighted by Crippen LogP contribution is 2.24. The van der Waals surface area contributed by atoms with E-state index in [2.05, 4.69) is 6.92 Å². The Morgan fingerprint density at radius 1 is 0.645 bits per heavy atom. The van der Waals surface area contributed by atoms with Gasteiger partial charge in [0.1, 0.15) is 36.6 Å². The second-order valence-electron chi connectivity index (χ2n) is 8.66. The van der Waals surface area contributed by atoms with E-state index in [1.807, 2.05) is 0 Å². The van der Waals surface area contributed by atoms with E-state index in [0.29, 0.717) is 6.61 Å². The number of aliphatic hydroxyl groups is 5. The van der Waals surface area contributed by atoms with Gasteiger partial charge in [0, 0.05) is 6.61 Å². The van der Waals surface area contributed by atoms with E-state index in [9.17, 15) is 25.5 Å². The third kappa shape index (κ3) is 8.83. The maximum atomic E-state index is 10.3. The van der Waals surface area contributed by atoms with Crippen molar-refractivity contribution in [1.82, 2.24) is 0 Å². The van der Waals surface area contributed by atoms with Gasteiger partial charge in [0.25, 0.3) is 0 Å². The van der Waals surface area contributed by atoms with Crippen molar-refractivity contribution in [2.45, 2.75) is 120 Å². The molecule has 184 valence electrons. The minimum absolute atomic E-state index is 0.0633. The fraction of sp³-hybridized carbons (Fsp3) is 1.00. The van der Waals surface area contributed by atoms with Gasteiger partial charge in [-0.2, -0.15) is 0 Å². The van der Waals surface area contributed by atoms with Gasteiger partial charge in [0.15, 0.2) is 12.6 Å². The highest BCUT2D eigenvalue weighted by atomic mass is 16.7. The molecule has 5 N–H and O–H groups in total. The zero-order valence-electron chi connectivity index (χ0n) is 18.7. The lowest BCUT2D eigenvalue weighted by Gasteiger charge is -2.41. The minimum Gasteiger partial charge on any atom is -0.388 e. The molecule has 0 radical (unpaired) electrons. The van der Waals surface area contributed by atoms with Crippen molar-refractivity contribution in [1.29, 1.82) is 0 Å². The zero-order chi connectivity index (χ0) is 22.6. The summed E-state index contributed by atoms with van der Waals surface area (Å²) < 4.78 is 21.7. The molecule has 9 heteroatoms. The summed E-state index contributed by atoms with van der Waals surface area (Å²) in [6.07, 6.45) is 2.31. The van der Waals surface area contributed by atoms with Gasteiger partial charge in [-0.15, -0.1) is 0 Å². The number of aliphatic hydroxyl groups excluding tert-OH is 5. The van der Waals surface area contributed by atoms with Gasteiger partial charge >= 0.3 is 0 Å². The summed E-state index contributed by atoms with van der Waals surface area (Å²) in [5, 5.41) is 49.8. The SMILES string of the molecule is CCCCCCCCCCCCOC1OCC(OC2OCC(O)C(O)C2O)C(O)C1O. The Bertz CT molecular complexity index is 466. The second-order valence-corrected chi connectivity index (χ2v) is 8.66. The number of hydrogen-bond donors (Lipinski definition) is 5. The highest BCUT2D eigenvalue weighted by molar-refractivity contribution is 4.87. The van der Waals surface area contributed by atoms with Crippen molar-refractivity contribution in [2.24, 2.45) is 0 Å². The smallest absolute Gasteiger partial charge is 0.186 e. The van der Waals surface area contributed by atoms with Crippen molar-refractivity contribution in [3.05, 3.63) is 0 Å². The summed E-state index contributed by atoms with van der Waals surface area (Å²) in [6.45, 7) is 2.39. The van der Waals surface area contributed by atoms with Crippen LogP contribution in [0, 0.1) is 0 Å². The molecule has 2 aliphatic heterocycles. The predicted molar refractivity (Wildman–Crippen MR) is 112 cm³/mol. The molecule has 0 amide bonds. The van der Waals surface area contributed by atoms with Crippen molar-refractivity contribution in [3.63, 3.8) is 0 Å². The Hall–Kier alpha value is -0.360. The molecule has 0 bridgehead atoms. The molecule has 8 atom stereocenters. The van der Waals surface area contributed by atoms with E-state index in [4.69, 9.17) is 18.9 Å². The standard InChI is InChI=1S/C22H42O9/c1-2-3-4-5-6-7-8-9-10-11-12-28-21-20(27)18(25)16(14-30-21)31-22-19(26)17(24)15(23)13-29-22/h15-27H,2-14H2,1H3. The van der Waals surface area contributed by atoms with Gasteiger partial charge in [-0.1, -0.05) is 64.7 Å². The topological polar surface area (TPSA) is 138 Å². The third-order valence-electron chi connectivity index (χ3n) is 5.98. The van der Waals surface area contributed by atoms with Crippen molar-refractivity contribution in [2.75, 3.05) is 19.8 Å². The van der Waals surface area contributed by atoms with Crippen LogP contribution in [0.4, 0.5) is 0 Å². The number of hydrogen-bond acceptors (Lipinski definition) is 9. The predicted octanol–water partition coefficient (Wildman–Crippen LogP) is 0.826. The van der Waals surface area contributed by atoms with Gasteiger partial charge < -0.3 is 44.5 Å². The van der Waals surface area contributed by atoms with Crippen LogP contribution in [0.5, 0.6) is 0 Å². The summed E-state index contributed by atoms with van der Waals surface area (Å²) in [7, 11) is 0. The molecule has 9 nitrogen and oxygen atoms in total. The van der Waals surface area contributed by atoms with Crippen LogP contribution in [0.3, 0.4) is 0 Å². The zero-order valence-corrected chi connectivity index (χ0v) is 18.7. The number of rotatable bonds is 14. The minimum atomic E-state index is -1.47. The molecule has 2 aliphatic rings. The molecule has 8 unspecified atom stereocenters. The summed E-state index contributed by atoms with van der Waals surface area (Å²) in [5.74, 6) is 0. The molecule has 0 aliphatic carbocycles. The maximum absolute atomic E-state index is 10.3. The molecule has 2 saturated heterocycles. The lowest BCUT2D eigenvalue weighted by atomic mass is 10.0. The Kier molecular flexibility index (Phi) is 12.8. The van der Waals surface area contributed by atoms with Crippen LogP contribution in [0.25, 0.3) is 0 Å². The molecule has 0 aromatic rings. The van der Waals surface area contributed by atoms with Crippen LogP contribution >= 0.6 is 0 Å². The second kappa shape index (κ2) is 14.7. The molecule has 0 aromatic carbocycles. The molecule has 31 heavy (non-hydrogen) atoms. The van der Waals surface area contributed by atoms with E-state index in [0.717, 1.165) is 19.3 Å². The molecule has 2 heterocycles. The Balaban J connectivity index is 1.56. The molecule has 0 saturated carbocycles. The molecule has 2 fully saturated rings. The molecule has 0 aromatic heterocycles. The molecular weight excluding hydrogens is 408 g/mol. The maximum Gasteiger partial charge on any atom is 0.186 e. The van der Waals surface area contributed by atoms with E-state index < -0.39 is 49.2 Å². The first-order valence-corrected chi connectivity index (χ1v) is 11.9. The summed E-state index contributed by atoms with van der Waals surface area (Å²) in [6, 6.07) is 0. The molecule has 0 spiro atoms. The first-order valence-electron chi connectivity index (χ1n) is 11.9. The Morgan fingerprint density at radius 2 is 1.19 bits per heavy atom. The van der Waals surface area contributed by atoms with E-state index >= 15 is 0 Å². The summed E-state index contributed by atoms with van der Waals surface area (Å²) in [4.78, 5) is 0. The fourth-order valence-corrected chi connectivity index (χ4v) is 3.89. The summed E-state index contributed by atoms with van der Waals surface area (Å²) in [5.41, 5.74) is 0. The van der Waals surface area contributed by atoms with Crippen LogP contribution in [0.15, 0.2) is 0 Å². The number of ether oxygens (including phenoxy) is 4. The van der Waals surface area contributed by atoms with Crippen LogP contribution < -0.4 is 0 Å². The van der Waals surface area contributed by atoms with Crippen LogP contribution in [-0.2, 0) is 18.9 Å². The van der Waals surface area contributed by atoms with Crippen LogP contribution in [0.1, 0.15) is 71.1 Å². The van der Waals surface area contributed by atoms with Crippen LogP contribution in [0.2, 0.25) is 0 Å². The van der Waals surface area contributed by atoms with Crippen molar-refractivity contribution < 1.29 is 44.5 Å². The largest absolute Gasteiger partial charge is 0.388 e. The van der Waals surface area contributed by atoms with E-state index in [-0.39, 0.29) is 13.2 Å². The van der Waals surface area contributed by atoms with E-state index in [1.165, 1.54) is 44.9 Å². The average Bonchev–Trinajstić information content (AvgIpc) is 2.76. The van der Waals surface area contributed by atoms with Crippen LogP contribution in [-0.4, -0.2) is 94.6 Å². The summed E-state index contributed by atoms with van der Waals surface area (Å²) >= 11 is 0. The van der Waals surface area contributed by atoms with Crippen molar-refractivity contribution >= 4 is 0 Å². The Labute approximate surface area is 185 Å². The third-order valence-corrected chi connectivity index (χ3v) is 5.98. The first kappa shape index (κ1) is 26.9. The Morgan fingerprint density at radius 3 is 1.84 bits per heavy atom. The number of unbranched alkanes of at least 4 members (excludes halogenated alkanes) is 9. The normalized spacial score (nSPS) is 36.6. The molecule has 2 rings (SSSR count). The van der Waals surface area contributed by atoms with Gasteiger partial charge in [-0.05, 0) is 6.42 Å². The lowest BCUT2D eigenvalue weighted by Crippen LogP contribution is -2.59. The van der Waals surface area contributed by atoms with Gasteiger partial charge in [-0.3, -0.25) is 0 Å². The van der Waals surface area contributed by atoms with Gasteiger partial charge in [0.2, 0.25) is 0 Å². The van der Waals surface area contributed by atoms with Gasteiger partial charge in [-0.25, -0.2) is 0 Å². The van der Waals surface area contributed by atoms with E-state index in [1.54, 1.807) is 0 Å². The quantitative estimate of drug-likeness (QED) is 0.244. The van der Waals surface area contributed by atoms with Gasteiger partial charge in [0.05, 0.1) is 13.2 Å². The van der Waals surface area contributed by atoms with Crippen molar-refractivity contribution in [3.8, 4) is 0 Å². The monoisotopic (exact) mass is 450 g/mol. The average molecular weight is 451 g/mol. The first-order chi connectivity index (χ1) is 15.0. The fourth-order valence-electron chi connectivity index (χ4n) is 3.89. The lowest BCUT2D eigenvalue weighted by molar-refractivity contribution is -0.328. The highest BCUT2D eigenvalue weighted by Gasteiger charge is 2.44.